The van der Waals surface area contributed by atoms with E-state index in [0.29, 0.717) is 36.3 Å². The Morgan fingerprint density at radius 3 is 2.12 bits per heavy atom. The number of hydrogen-bond acceptors (Lipinski definition) is 4. The molecule has 0 saturated heterocycles. The van der Waals surface area contributed by atoms with Gasteiger partial charge in [-0.1, -0.05) is 29.8 Å². The zero-order chi connectivity index (χ0) is 18.9. The van der Waals surface area contributed by atoms with Gasteiger partial charge in [0.05, 0.1) is 33.4 Å². The average Bonchev–Trinajstić information content (AvgIpc) is 2.67. The zero-order valence-electron chi connectivity index (χ0n) is 16.1. The molecule has 0 radical (unpaired) electrons. The smallest absolute Gasteiger partial charge is 0.191 e. The van der Waals surface area contributed by atoms with Crippen molar-refractivity contribution in [3.63, 3.8) is 0 Å². The molecule has 0 aliphatic carbocycles. The second kappa shape index (κ2) is 9.56. The van der Waals surface area contributed by atoms with Gasteiger partial charge in [0.1, 0.15) is 17.2 Å². The van der Waals surface area contributed by atoms with E-state index in [-0.39, 0.29) is 0 Å². The number of hydrogen-bond donors (Lipinski definition) is 2. The van der Waals surface area contributed by atoms with E-state index in [1.54, 1.807) is 28.4 Å². The third kappa shape index (κ3) is 5.05. The van der Waals surface area contributed by atoms with E-state index in [0.717, 1.165) is 5.56 Å². The van der Waals surface area contributed by atoms with Crippen molar-refractivity contribution in [2.24, 2.45) is 4.99 Å². The second-order valence-corrected chi connectivity index (χ2v) is 5.78. The first kappa shape index (κ1) is 19.4. The summed E-state index contributed by atoms with van der Waals surface area (Å²) in [6.45, 7) is 3.28. The first-order valence-corrected chi connectivity index (χ1v) is 8.40. The van der Waals surface area contributed by atoms with Gasteiger partial charge in [-0.05, 0) is 12.5 Å². The highest BCUT2D eigenvalue weighted by Gasteiger charge is 2.13. The number of rotatable bonds is 7. The minimum absolute atomic E-state index is 0.504. The Hall–Kier alpha value is -2.89. The summed E-state index contributed by atoms with van der Waals surface area (Å²) in [7, 11) is 6.61. The molecule has 0 amide bonds. The van der Waals surface area contributed by atoms with Crippen LogP contribution in [0.15, 0.2) is 41.4 Å². The van der Waals surface area contributed by atoms with Gasteiger partial charge < -0.3 is 24.8 Å². The van der Waals surface area contributed by atoms with Crippen molar-refractivity contribution in [1.29, 1.82) is 0 Å². The fourth-order valence-corrected chi connectivity index (χ4v) is 2.65. The van der Waals surface area contributed by atoms with Crippen LogP contribution >= 0.6 is 0 Å². The van der Waals surface area contributed by atoms with Crippen LogP contribution in [0.3, 0.4) is 0 Å². The third-order valence-corrected chi connectivity index (χ3v) is 4.02. The standard InChI is InChI=1S/C20H27N3O3/c1-14-7-6-8-15(9-14)12-22-20(21-2)23-13-17-18(25-4)10-16(24-3)11-19(17)26-5/h6-11H,12-13H2,1-5H3,(H2,21,22,23). The SMILES string of the molecule is CN=C(NCc1cccc(C)c1)NCc1c(OC)cc(OC)cc1OC. The van der Waals surface area contributed by atoms with E-state index < -0.39 is 0 Å². The van der Waals surface area contributed by atoms with Crippen molar-refractivity contribution in [2.75, 3.05) is 28.4 Å². The van der Waals surface area contributed by atoms with Crippen LogP contribution < -0.4 is 24.8 Å². The van der Waals surface area contributed by atoms with Gasteiger partial charge in [0, 0.05) is 25.7 Å². The number of ether oxygens (including phenoxy) is 3. The van der Waals surface area contributed by atoms with Gasteiger partial charge in [-0.15, -0.1) is 0 Å². The molecule has 2 aromatic carbocycles. The summed E-state index contributed by atoms with van der Waals surface area (Å²) in [4.78, 5) is 4.27. The molecule has 2 rings (SSSR count). The number of benzene rings is 2. The second-order valence-electron chi connectivity index (χ2n) is 5.78. The number of nitrogens with one attached hydrogen (secondary N) is 2. The molecule has 6 nitrogen and oxygen atoms in total. The van der Waals surface area contributed by atoms with Crippen LogP contribution in [0.1, 0.15) is 16.7 Å². The molecule has 0 bridgehead atoms. The lowest BCUT2D eigenvalue weighted by molar-refractivity contribution is 0.368. The molecular weight excluding hydrogens is 330 g/mol. The summed E-state index contributed by atoms with van der Waals surface area (Å²) in [6, 6.07) is 12.0. The highest BCUT2D eigenvalue weighted by molar-refractivity contribution is 5.79. The van der Waals surface area contributed by atoms with Crippen LogP contribution in [0.5, 0.6) is 17.2 Å². The Balaban J connectivity index is 2.06. The maximum atomic E-state index is 5.48. The van der Waals surface area contributed by atoms with Gasteiger partial charge >= 0.3 is 0 Å². The quantitative estimate of drug-likeness (QED) is 0.589. The molecule has 0 aromatic heterocycles. The lowest BCUT2D eigenvalue weighted by atomic mass is 10.1. The lowest BCUT2D eigenvalue weighted by Gasteiger charge is -2.17. The zero-order valence-corrected chi connectivity index (χ0v) is 16.1. The van der Waals surface area contributed by atoms with E-state index in [4.69, 9.17) is 14.2 Å². The Kier molecular flexibility index (Phi) is 7.14. The van der Waals surface area contributed by atoms with Gasteiger partial charge in [0.2, 0.25) is 0 Å². The van der Waals surface area contributed by atoms with Crippen molar-refractivity contribution in [1.82, 2.24) is 10.6 Å². The number of aryl methyl sites for hydroxylation is 1. The van der Waals surface area contributed by atoms with E-state index >= 15 is 0 Å². The predicted octanol–water partition coefficient (Wildman–Crippen LogP) is 2.89. The summed E-state index contributed by atoms with van der Waals surface area (Å²) >= 11 is 0. The van der Waals surface area contributed by atoms with Crippen molar-refractivity contribution < 1.29 is 14.2 Å². The summed E-state index contributed by atoms with van der Waals surface area (Å²) in [5.41, 5.74) is 3.34. The number of aliphatic imine (C=N–C) groups is 1. The minimum Gasteiger partial charge on any atom is -0.496 e. The molecular formula is C20H27N3O3. The molecule has 0 aliphatic rings. The monoisotopic (exact) mass is 357 g/mol. The molecule has 6 heteroatoms. The van der Waals surface area contributed by atoms with E-state index in [1.807, 2.05) is 12.1 Å². The first-order chi connectivity index (χ1) is 12.6. The molecule has 140 valence electrons. The highest BCUT2D eigenvalue weighted by atomic mass is 16.5. The molecule has 0 saturated carbocycles. The predicted molar refractivity (Wildman–Crippen MR) is 104 cm³/mol. The Labute approximate surface area is 155 Å². The molecule has 0 unspecified atom stereocenters. The largest absolute Gasteiger partial charge is 0.496 e. The molecule has 0 atom stereocenters. The molecule has 0 aliphatic heterocycles. The maximum Gasteiger partial charge on any atom is 0.191 e. The van der Waals surface area contributed by atoms with Crippen LogP contribution in [0, 0.1) is 6.92 Å². The molecule has 26 heavy (non-hydrogen) atoms. The maximum absolute atomic E-state index is 5.48. The third-order valence-electron chi connectivity index (χ3n) is 4.02. The summed E-state index contributed by atoms with van der Waals surface area (Å²) < 4.78 is 16.2. The van der Waals surface area contributed by atoms with E-state index in [1.165, 1.54) is 11.1 Å². The van der Waals surface area contributed by atoms with Crippen molar-refractivity contribution in [3.8, 4) is 17.2 Å². The molecule has 2 aromatic rings. The van der Waals surface area contributed by atoms with Gasteiger partial charge in [-0.25, -0.2) is 0 Å². The molecule has 0 spiro atoms. The first-order valence-electron chi connectivity index (χ1n) is 8.40. The average molecular weight is 357 g/mol. The van der Waals surface area contributed by atoms with Gasteiger partial charge in [0.15, 0.2) is 5.96 Å². The van der Waals surface area contributed by atoms with Gasteiger partial charge in [-0.2, -0.15) is 0 Å². The fourth-order valence-electron chi connectivity index (χ4n) is 2.65. The Morgan fingerprint density at radius 1 is 0.923 bits per heavy atom. The summed E-state index contributed by atoms with van der Waals surface area (Å²) in [5.74, 6) is 2.78. The lowest BCUT2D eigenvalue weighted by Crippen LogP contribution is -2.36. The normalized spacial score (nSPS) is 11.0. The topological polar surface area (TPSA) is 64.1 Å². The van der Waals surface area contributed by atoms with Crippen molar-refractivity contribution in [2.45, 2.75) is 20.0 Å². The van der Waals surface area contributed by atoms with E-state index in [9.17, 15) is 0 Å². The van der Waals surface area contributed by atoms with Gasteiger partial charge in [-0.3, -0.25) is 4.99 Å². The molecule has 0 heterocycles. The van der Waals surface area contributed by atoms with Crippen LogP contribution in [-0.4, -0.2) is 34.3 Å². The summed E-state index contributed by atoms with van der Waals surface area (Å²) in [5, 5.41) is 6.61. The van der Waals surface area contributed by atoms with E-state index in [2.05, 4.69) is 46.8 Å². The van der Waals surface area contributed by atoms with Crippen LogP contribution in [-0.2, 0) is 13.1 Å². The van der Waals surface area contributed by atoms with Crippen LogP contribution in [0.4, 0.5) is 0 Å². The van der Waals surface area contributed by atoms with Crippen molar-refractivity contribution >= 4 is 5.96 Å². The number of methoxy groups -OCH3 is 3. The van der Waals surface area contributed by atoms with Crippen molar-refractivity contribution in [3.05, 3.63) is 53.1 Å². The number of nitrogens with zero attached hydrogens (tertiary/aromatic N) is 1. The fraction of sp³-hybridized carbons (Fsp3) is 0.350. The Bertz CT molecular complexity index is 735. The van der Waals surface area contributed by atoms with Crippen LogP contribution in [0.2, 0.25) is 0 Å². The highest BCUT2D eigenvalue weighted by Crippen LogP contribution is 2.33. The number of guanidine groups is 1. The Morgan fingerprint density at radius 2 is 1.58 bits per heavy atom. The van der Waals surface area contributed by atoms with Crippen LogP contribution in [0.25, 0.3) is 0 Å². The minimum atomic E-state index is 0.504. The molecule has 0 fully saturated rings. The molecule has 2 N–H and O–H groups in total. The summed E-state index contributed by atoms with van der Waals surface area (Å²) in [6.07, 6.45) is 0. The van der Waals surface area contributed by atoms with Gasteiger partial charge in [0.25, 0.3) is 0 Å².